The van der Waals surface area contributed by atoms with Crippen molar-refractivity contribution < 1.29 is 42.1 Å². The van der Waals surface area contributed by atoms with Gasteiger partial charge in [0.25, 0.3) is 5.91 Å². The summed E-state index contributed by atoms with van der Waals surface area (Å²) in [6.45, 7) is -0.169. The van der Waals surface area contributed by atoms with Crippen LogP contribution in [0.1, 0.15) is 37.4 Å². The molecule has 4 fully saturated rings. The van der Waals surface area contributed by atoms with Gasteiger partial charge in [0.15, 0.2) is 6.10 Å². The number of halogens is 4. The summed E-state index contributed by atoms with van der Waals surface area (Å²) in [6.07, 6.45) is -4.50. The molecule has 12 heteroatoms. The van der Waals surface area contributed by atoms with Gasteiger partial charge in [0, 0.05) is 41.6 Å². The molecule has 6 rings (SSSR count). The molecule has 2 bridgehead atoms. The highest BCUT2D eigenvalue weighted by molar-refractivity contribution is 6.30. The fourth-order valence-electron chi connectivity index (χ4n) is 5.30. The van der Waals surface area contributed by atoms with E-state index in [9.17, 15) is 27.9 Å². The van der Waals surface area contributed by atoms with Gasteiger partial charge >= 0.3 is 6.36 Å². The summed E-state index contributed by atoms with van der Waals surface area (Å²) in [5.74, 6) is -0.480. The lowest BCUT2D eigenvalue weighted by atomic mass is 9.46. The third-order valence-corrected chi connectivity index (χ3v) is 7.23. The highest BCUT2D eigenvalue weighted by Crippen LogP contribution is 2.62. The third-order valence-electron chi connectivity index (χ3n) is 6.99. The van der Waals surface area contributed by atoms with Crippen LogP contribution in [0.25, 0.3) is 0 Å². The molecular formula is C22H24ClF3N2O6. The van der Waals surface area contributed by atoms with Crippen LogP contribution in [0.4, 0.5) is 13.2 Å². The molecule has 2 N–H and O–H groups in total. The van der Waals surface area contributed by atoms with Crippen molar-refractivity contribution in [3.63, 3.8) is 0 Å². The van der Waals surface area contributed by atoms with Crippen LogP contribution in [0.15, 0.2) is 18.2 Å². The highest BCUT2D eigenvalue weighted by atomic mass is 35.5. The number of rotatable bonds is 7. The number of aliphatic hydroxyl groups excluding tert-OH is 1. The second-order valence-electron chi connectivity index (χ2n) is 9.73. The first-order chi connectivity index (χ1) is 15.9. The first-order valence-electron chi connectivity index (χ1n) is 11.0. The van der Waals surface area contributed by atoms with Gasteiger partial charge in [-0.2, -0.15) is 0 Å². The van der Waals surface area contributed by atoms with Crippen LogP contribution in [0.2, 0.25) is 5.02 Å². The lowest BCUT2D eigenvalue weighted by Gasteiger charge is -2.69. The molecule has 34 heavy (non-hydrogen) atoms. The molecule has 0 spiro atoms. The summed E-state index contributed by atoms with van der Waals surface area (Å²) in [6, 6.07) is 4.88. The van der Waals surface area contributed by atoms with Gasteiger partial charge in [-0.1, -0.05) is 11.6 Å². The summed E-state index contributed by atoms with van der Waals surface area (Å²) in [4.78, 5) is 26.4. The molecule has 186 valence electrons. The van der Waals surface area contributed by atoms with Crippen molar-refractivity contribution in [2.45, 2.75) is 55.4 Å². The molecule has 2 aliphatic heterocycles. The normalized spacial score (nSPS) is 32.0. The lowest BCUT2D eigenvalue weighted by molar-refractivity contribution is -0.330. The number of carbonyl (C=O) groups is 2. The number of carbonyl (C=O) groups excluding carboxylic acids is 2. The standard InChI is InChI=1S/C22H24ClF3N2O6/c23-13-1-2-16-14(3-13)15(29)4-17(34-16)19(31)27-20-9-21(10-20,11-20)32-8-18(30)28-5-12(6-28)7-33-22(24,25)26/h1-3,12,15,17,29H,4-11H2,(H,27,31)/t15-,17-,20?,21?/m1/s1. The number of fused-ring (bicyclic) bond motifs is 1. The van der Waals surface area contributed by atoms with E-state index in [4.69, 9.17) is 21.1 Å². The van der Waals surface area contributed by atoms with Crippen molar-refractivity contribution in [2.24, 2.45) is 5.92 Å². The van der Waals surface area contributed by atoms with E-state index >= 15 is 0 Å². The predicted molar refractivity (Wildman–Crippen MR) is 111 cm³/mol. The van der Waals surface area contributed by atoms with Crippen LogP contribution in [-0.2, 0) is 19.1 Å². The number of alkyl halides is 3. The molecule has 0 unspecified atom stereocenters. The number of likely N-dealkylation sites (tertiary alicyclic amines) is 1. The second-order valence-corrected chi connectivity index (χ2v) is 10.2. The quantitative estimate of drug-likeness (QED) is 0.591. The zero-order valence-electron chi connectivity index (χ0n) is 18.1. The topological polar surface area (TPSA) is 97.3 Å². The van der Waals surface area contributed by atoms with E-state index in [1.165, 1.54) is 4.90 Å². The summed E-state index contributed by atoms with van der Waals surface area (Å²) in [5.41, 5.74) is -0.297. The van der Waals surface area contributed by atoms with Crippen molar-refractivity contribution >= 4 is 23.4 Å². The summed E-state index contributed by atoms with van der Waals surface area (Å²) >= 11 is 5.96. The third kappa shape index (κ3) is 4.58. The van der Waals surface area contributed by atoms with E-state index in [-0.39, 0.29) is 43.8 Å². The summed E-state index contributed by atoms with van der Waals surface area (Å²) in [7, 11) is 0. The Balaban J connectivity index is 1.03. The van der Waals surface area contributed by atoms with Gasteiger partial charge in [0.05, 0.1) is 18.3 Å². The fourth-order valence-corrected chi connectivity index (χ4v) is 5.48. The minimum atomic E-state index is -4.66. The smallest absolute Gasteiger partial charge is 0.480 e. The van der Waals surface area contributed by atoms with Crippen LogP contribution >= 0.6 is 11.6 Å². The second kappa shape index (κ2) is 8.25. The monoisotopic (exact) mass is 504 g/mol. The number of benzene rings is 1. The Morgan fingerprint density at radius 1 is 1.26 bits per heavy atom. The Bertz CT molecular complexity index is 980. The molecule has 5 aliphatic rings. The van der Waals surface area contributed by atoms with Crippen molar-refractivity contribution in [2.75, 3.05) is 26.3 Å². The maximum absolute atomic E-state index is 12.8. The average molecular weight is 505 g/mol. The van der Waals surface area contributed by atoms with E-state index < -0.39 is 36.3 Å². The maximum atomic E-state index is 12.8. The van der Waals surface area contributed by atoms with Gasteiger partial charge in [-0.25, -0.2) is 0 Å². The van der Waals surface area contributed by atoms with E-state index in [1.54, 1.807) is 18.2 Å². The van der Waals surface area contributed by atoms with Crippen LogP contribution < -0.4 is 10.1 Å². The first-order valence-corrected chi connectivity index (χ1v) is 11.4. The number of hydrogen-bond donors (Lipinski definition) is 2. The average Bonchev–Trinajstić information content (AvgIpc) is 2.66. The molecular weight excluding hydrogens is 481 g/mol. The van der Waals surface area contributed by atoms with Crippen molar-refractivity contribution in [1.82, 2.24) is 10.2 Å². The molecule has 0 aromatic heterocycles. The van der Waals surface area contributed by atoms with Gasteiger partial charge in [-0.3, -0.25) is 14.3 Å². The molecule has 0 radical (unpaired) electrons. The number of nitrogens with zero attached hydrogens (tertiary/aromatic N) is 1. The van der Waals surface area contributed by atoms with E-state index in [1.807, 2.05) is 0 Å². The molecule has 1 saturated heterocycles. The van der Waals surface area contributed by atoms with Crippen LogP contribution in [-0.4, -0.2) is 71.7 Å². The molecule has 3 aliphatic carbocycles. The zero-order valence-corrected chi connectivity index (χ0v) is 18.8. The van der Waals surface area contributed by atoms with Gasteiger partial charge in [0.2, 0.25) is 5.91 Å². The van der Waals surface area contributed by atoms with Crippen molar-refractivity contribution in [3.8, 4) is 5.75 Å². The molecule has 3 saturated carbocycles. The largest absolute Gasteiger partial charge is 0.522 e. The number of hydrogen-bond acceptors (Lipinski definition) is 6. The van der Waals surface area contributed by atoms with Crippen molar-refractivity contribution in [3.05, 3.63) is 28.8 Å². The summed E-state index contributed by atoms with van der Waals surface area (Å²) in [5, 5.41) is 13.8. The number of aliphatic hydroxyl groups is 1. The molecule has 1 aromatic carbocycles. The highest BCUT2D eigenvalue weighted by Gasteiger charge is 2.70. The lowest BCUT2D eigenvalue weighted by Crippen LogP contribution is -2.80. The fraction of sp³-hybridized carbons (Fsp3) is 0.636. The predicted octanol–water partition coefficient (Wildman–Crippen LogP) is 2.33. The number of nitrogens with one attached hydrogen (secondary N) is 1. The Labute approximate surface area is 198 Å². The Morgan fingerprint density at radius 2 is 1.97 bits per heavy atom. The molecule has 1 aromatic rings. The first kappa shape index (κ1) is 23.7. The van der Waals surface area contributed by atoms with Gasteiger partial charge < -0.3 is 24.8 Å². The van der Waals surface area contributed by atoms with Crippen LogP contribution in [0.3, 0.4) is 0 Å². The Kier molecular flexibility index (Phi) is 5.74. The minimum Gasteiger partial charge on any atom is -0.480 e. The van der Waals surface area contributed by atoms with E-state index in [0.29, 0.717) is 35.6 Å². The van der Waals surface area contributed by atoms with Gasteiger partial charge in [-0.15, -0.1) is 13.2 Å². The minimum absolute atomic E-state index is 0.121. The molecule has 2 heterocycles. The van der Waals surface area contributed by atoms with E-state index in [0.717, 1.165) is 0 Å². The van der Waals surface area contributed by atoms with Crippen LogP contribution in [0, 0.1) is 5.92 Å². The molecule has 2 atom stereocenters. The van der Waals surface area contributed by atoms with Gasteiger partial charge in [0.1, 0.15) is 12.4 Å². The Morgan fingerprint density at radius 3 is 2.65 bits per heavy atom. The van der Waals surface area contributed by atoms with E-state index in [2.05, 4.69) is 10.1 Å². The SMILES string of the molecule is O=C(NC12CC(OCC(=O)N3CC(COC(F)(F)F)C3)(C1)C2)[C@H]1C[C@@H](O)c2cc(Cl)ccc2O1. The number of amides is 2. The Hall–Kier alpha value is -2.08. The molecule has 2 amide bonds. The van der Waals surface area contributed by atoms with Gasteiger partial charge in [-0.05, 0) is 37.5 Å². The zero-order chi connectivity index (χ0) is 24.3. The maximum Gasteiger partial charge on any atom is 0.522 e. The van der Waals surface area contributed by atoms with Crippen molar-refractivity contribution in [1.29, 1.82) is 0 Å². The van der Waals surface area contributed by atoms with Crippen LogP contribution in [0.5, 0.6) is 5.75 Å². The summed E-state index contributed by atoms with van der Waals surface area (Å²) < 4.78 is 51.5. The number of ether oxygens (including phenoxy) is 3. The molecule has 8 nitrogen and oxygen atoms in total.